The second-order valence-corrected chi connectivity index (χ2v) is 6.01. The number of aliphatic carboxylic acids is 1. The molecular formula is C15H21N3O2. The van der Waals surface area contributed by atoms with E-state index in [-0.39, 0.29) is 11.8 Å². The van der Waals surface area contributed by atoms with Gasteiger partial charge in [0.2, 0.25) is 0 Å². The third-order valence-corrected chi connectivity index (χ3v) is 4.58. The van der Waals surface area contributed by atoms with Crippen molar-refractivity contribution in [1.82, 2.24) is 9.97 Å². The molecule has 5 nitrogen and oxygen atoms in total. The second kappa shape index (κ2) is 5.38. The van der Waals surface area contributed by atoms with Gasteiger partial charge in [0.1, 0.15) is 12.1 Å². The van der Waals surface area contributed by atoms with Crippen LogP contribution >= 0.6 is 0 Å². The number of aryl methyl sites for hydroxylation is 1. The van der Waals surface area contributed by atoms with Crippen molar-refractivity contribution in [3.63, 3.8) is 0 Å². The summed E-state index contributed by atoms with van der Waals surface area (Å²) < 4.78 is 0. The van der Waals surface area contributed by atoms with Crippen molar-refractivity contribution in [2.45, 2.75) is 39.0 Å². The first-order valence-electron chi connectivity index (χ1n) is 7.47. The topological polar surface area (TPSA) is 66.3 Å². The van der Waals surface area contributed by atoms with Crippen LogP contribution in [0.1, 0.15) is 37.4 Å². The van der Waals surface area contributed by atoms with E-state index in [0.717, 1.165) is 25.2 Å². The highest BCUT2D eigenvalue weighted by atomic mass is 16.4. The number of nitrogens with zero attached hydrogens (tertiary/aromatic N) is 3. The van der Waals surface area contributed by atoms with Gasteiger partial charge in [0.05, 0.1) is 5.92 Å². The van der Waals surface area contributed by atoms with E-state index in [1.807, 2.05) is 6.92 Å². The maximum Gasteiger partial charge on any atom is 0.308 e. The molecule has 1 aliphatic heterocycles. The standard InChI is InChI=1S/C15H21N3O2/c1-10-7-18(8-12(10)15(19)20)14-11-5-3-2-4-6-13(11)16-9-17-14/h9-10,12H,2-8H2,1H3,(H,19,20)/t10-,12-/m1/s1. The van der Waals surface area contributed by atoms with Crippen molar-refractivity contribution >= 4 is 11.8 Å². The lowest BCUT2D eigenvalue weighted by Gasteiger charge is -2.21. The van der Waals surface area contributed by atoms with Crippen LogP contribution < -0.4 is 4.90 Å². The van der Waals surface area contributed by atoms with Crippen LogP contribution in [0.5, 0.6) is 0 Å². The molecule has 3 rings (SSSR count). The molecule has 0 bridgehead atoms. The van der Waals surface area contributed by atoms with Crippen LogP contribution in [0.2, 0.25) is 0 Å². The van der Waals surface area contributed by atoms with Crippen LogP contribution in [0.15, 0.2) is 6.33 Å². The lowest BCUT2D eigenvalue weighted by molar-refractivity contribution is -0.142. The van der Waals surface area contributed by atoms with Gasteiger partial charge >= 0.3 is 5.97 Å². The molecule has 1 aromatic rings. The Morgan fingerprint density at radius 1 is 1.25 bits per heavy atom. The Hall–Kier alpha value is -1.65. The average molecular weight is 275 g/mol. The number of fused-ring (bicyclic) bond motifs is 1. The van der Waals surface area contributed by atoms with E-state index in [2.05, 4.69) is 14.9 Å². The minimum Gasteiger partial charge on any atom is -0.481 e. The Labute approximate surface area is 119 Å². The van der Waals surface area contributed by atoms with Gasteiger partial charge in [-0.1, -0.05) is 13.3 Å². The molecule has 0 radical (unpaired) electrons. The Morgan fingerprint density at radius 2 is 2.05 bits per heavy atom. The van der Waals surface area contributed by atoms with Crippen LogP contribution in [-0.4, -0.2) is 34.1 Å². The monoisotopic (exact) mass is 275 g/mol. The number of anilines is 1. The smallest absolute Gasteiger partial charge is 0.308 e. The van der Waals surface area contributed by atoms with E-state index in [0.29, 0.717) is 6.54 Å². The molecule has 108 valence electrons. The number of carboxylic acid groups (broad SMARTS) is 1. The predicted molar refractivity (Wildman–Crippen MR) is 75.8 cm³/mol. The molecule has 0 saturated carbocycles. The molecule has 5 heteroatoms. The van der Waals surface area contributed by atoms with Crippen LogP contribution in [0.3, 0.4) is 0 Å². The first kappa shape index (κ1) is 13.3. The minimum absolute atomic E-state index is 0.170. The zero-order valence-corrected chi connectivity index (χ0v) is 11.9. The summed E-state index contributed by atoms with van der Waals surface area (Å²) in [5.74, 6) is 0.169. The molecule has 1 saturated heterocycles. The molecule has 1 fully saturated rings. The van der Waals surface area contributed by atoms with Crippen molar-refractivity contribution in [3.05, 3.63) is 17.6 Å². The molecule has 2 aliphatic rings. The largest absolute Gasteiger partial charge is 0.481 e. The summed E-state index contributed by atoms with van der Waals surface area (Å²) in [6.07, 6.45) is 7.30. The number of hydrogen-bond donors (Lipinski definition) is 1. The number of aromatic nitrogens is 2. The maximum atomic E-state index is 11.3. The normalized spacial score (nSPS) is 26.1. The lowest BCUT2D eigenvalue weighted by Crippen LogP contribution is -2.25. The molecule has 2 heterocycles. The molecule has 0 spiro atoms. The van der Waals surface area contributed by atoms with Gasteiger partial charge in [-0.15, -0.1) is 0 Å². The van der Waals surface area contributed by atoms with Gasteiger partial charge in [-0.25, -0.2) is 9.97 Å². The number of carbonyl (C=O) groups is 1. The summed E-state index contributed by atoms with van der Waals surface area (Å²) in [5.41, 5.74) is 2.42. The SMILES string of the molecule is C[C@@H]1CN(c2ncnc3c2CCCCC3)C[C@H]1C(=O)O. The Bertz CT molecular complexity index is 518. The molecule has 20 heavy (non-hydrogen) atoms. The average Bonchev–Trinajstić information content (AvgIpc) is 2.67. The summed E-state index contributed by atoms with van der Waals surface area (Å²) in [6.45, 7) is 3.36. The van der Waals surface area contributed by atoms with Gasteiger partial charge in [-0.05, 0) is 31.6 Å². The summed E-state index contributed by atoms with van der Waals surface area (Å²) in [4.78, 5) is 22.3. The minimum atomic E-state index is -0.694. The third kappa shape index (κ3) is 2.37. The van der Waals surface area contributed by atoms with Gasteiger partial charge < -0.3 is 10.0 Å². The number of carboxylic acids is 1. The molecule has 0 amide bonds. The highest BCUT2D eigenvalue weighted by Crippen LogP contribution is 2.32. The van der Waals surface area contributed by atoms with Crippen molar-refractivity contribution < 1.29 is 9.90 Å². The highest BCUT2D eigenvalue weighted by molar-refractivity contribution is 5.72. The number of hydrogen-bond acceptors (Lipinski definition) is 4. The lowest BCUT2D eigenvalue weighted by atomic mass is 9.99. The van der Waals surface area contributed by atoms with Crippen molar-refractivity contribution in [1.29, 1.82) is 0 Å². The van der Waals surface area contributed by atoms with E-state index < -0.39 is 5.97 Å². The quantitative estimate of drug-likeness (QED) is 0.835. The molecule has 1 aromatic heterocycles. The maximum absolute atomic E-state index is 11.3. The van der Waals surface area contributed by atoms with Crippen molar-refractivity contribution in [2.24, 2.45) is 11.8 Å². The van der Waals surface area contributed by atoms with Crippen LogP contribution in [-0.2, 0) is 17.6 Å². The van der Waals surface area contributed by atoms with E-state index in [1.54, 1.807) is 6.33 Å². The molecule has 1 N–H and O–H groups in total. The molecule has 0 unspecified atom stereocenters. The third-order valence-electron chi connectivity index (χ3n) is 4.58. The first-order valence-corrected chi connectivity index (χ1v) is 7.47. The van der Waals surface area contributed by atoms with Gasteiger partial charge in [0.25, 0.3) is 0 Å². The van der Waals surface area contributed by atoms with E-state index in [4.69, 9.17) is 0 Å². The first-order chi connectivity index (χ1) is 9.66. The Kier molecular flexibility index (Phi) is 3.59. The summed E-state index contributed by atoms with van der Waals surface area (Å²) in [7, 11) is 0. The Balaban J connectivity index is 1.90. The Morgan fingerprint density at radius 3 is 2.80 bits per heavy atom. The fraction of sp³-hybridized carbons (Fsp3) is 0.667. The summed E-state index contributed by atoms with van der Waals surface area (Å²) in [5, 5.41) is 9.27. The van der Waals surface area contributed by atoms with Gasteiger partial charge in [0, 0.05) is 24.3 Å². The van der Waals surface area contributed by atoms with E-state index in [1.165, 1.54) is 30.5 Å². The second-order valence-electron chi connectivity index (χ2n) is 6.01. The summed E-state index contributed by atoms with van der Waals surface area (Å²) in [6, 6.07) is 0. The fourth-order valence-corrected chi connectivity index (χ4v) is 3.41. The predicted octanol–water partition coefficient (Wildman–Crippen LogP) is 1.90. The molecule has 0 aromatic carbocycles. The molecular weight excluding hydrogens is 254 g/mol. The van der Waals surface area contributed by atoms with Gasteiger partial charge in [-0.2, -0.15) is 0 Å². The van der Waals surface area contributed by atoms with E-state index >= 15 is 0 Å². The van der Waals surface area contributed by atoms with Crippen LogP contribution in [0.25, 0.3) is 0 Å². The molecule has 1 aliphatic carbocycles. The van der Waals surface area contributed by atoms with Crippen LogP contribution in [0, 0.1) is 11.8 Å². The highest BCUT2D eigenvalue weighted by Gasteiger charge is 2.36. The summed E-state index contributed by atoms with van der Waals surface area (Å²) >= 11 is 0. The number of rotatable bonds is 2. The fourth-order valence-electron chi connectivity index (χ4n) is 3.41. The van der Waals surface area contributed by atoms with Gasteiger partial charge in [0.15, 0.2) is 0 Å². The van der Waals surface area contributed by atoms with Crippen molar-refractivity contribution in [2.75, 3.05) is 18.0 Å². The van der Waals surface area contributed by atoms with E-state index in [9.17, 15) is 9.90 Å². The van der Waals surface area contributed by atoms with Crippen LogP contribution in [0.4, 0.5) is 5.82 Å². The van der Waals surface area contributed by atoms with Gasteiger partial charge in [-0.3, -0.25) is 4.79 Å². The zero-order chi connectivity index (χ0) is 14.1. The van der Waals surface area contributed by atoms with Crippen molar-refractivity contribution in [3.8, 4) is 0 Å². The zero-order valence-electron chi connectivity index (χ0n) is 11.9. The molecule has 2 atom stereocenters.